The van der Waals surface area contributed by atoms with Gasteiger partial charge < -0.3 is 0 Å². The van der Waals surface area contributed by atoms with Gasteiger partial charge in [-0.3, -0.25) is 0 Å². The maximum atomic E-state index is 14.7. The van der Waals surface area contributed by atoms with E-state index in [1.807, 2.05) is 36.4 Å². The number of halogens is 10. The van der Waals surface area contributed by atoms with Crippen LogP contribution in [-0.4, -0.2) is 0 Å². The quantitative estimate of drug-likeness (QED) is 0.127. The van der Waals surface area contributed by atoms with Gasteiger partial charge in [0, 0.05) is 37.3 Å². The third kappa shape index (κ3) is 8.35. The van der Waals surface area contributed by atoms with E-state index in [4.69, 9.17) is 28.5 Å². The van der Waals surface area contributed by atoms with Gasteiger partial charge in [0.1, 0.15) is 11.6 Å². The monoisotopic (exact) mass is 923 g/mol. The standard InChI is InChI=1S/C19H8F8.C18H14.C9H9N.C8H8Cl2/c1-3-5-6-7-8-9(17(25)15(6)23)12(20)4(2)13(21)10(8)18(26)19(27)11(7)16(24)14(5)22;1-2-12-6-7-15-9-8-13-4-3-5-14-10-11-16(12)18(15)17(13)14;1-2-8-3-5-9(7-10)6-4-8;1-2-6-3-7(9)5-8(10)4-6/h3H2,1-2H3;3-11H,2H2,1H3;3-6H,2H2,1H3;3-5H,2H2,1H3. The molecule has 11 heteroatoms. The predicted octanol–water partition coefficient (Wildman–Crippen LogP) is 17.4. The van der Waals surface area contributed by atoms with E-state index >= 15 is 0 Å². The second-order valence-electron chi connectivity index (χ2n) is 15.4. The molecule has 330 valence electrons. The molecule has 10 rings (SSSR count). The first kappa shape index (κ1) is 46.8. The Morgan fingerprint density at radius 2 is 0.892 bits per heavy atom. The van der Waals surface area contributed by atoms with Crippen molar-refractivity contribution in [3.05, 3.63) is 187 Å². The van der Waals surface area contributed by atoms with Gasteiger partial charge in [0.25, 0.3) is 0 Å². The maximum absolute atomic E-state index is 14.7. The van der Waals surface area contributed by atoms with Gasteiger partial charge >= 0.3 is 0 Å². The summed E-state index contributed by atoms with van der Waals surface area (Å²) in [6, 6.07) is 35.4. The topological polar surface area (TPSA) is 23.8 Å². The van der Waals surface area contributed by atoms with Crippen molar-refractivity contribution in [1.82, 2.24) is 0 Å². The fraction of sp³-hybridized carbons (Fsp3) is 0.167. The highest BCUT2D eigenvalue weighted by Crippen LogP contribution is 2.46. The van der Waals surface area contributed by atoms with E-state index in [0.29, 0.717) is 10.0 Å². The Hall–Kier alpha value is -6.21. The summed E-state index contributed by atoms with van der Waals surface area (Å²) in [4.78, 5) is 0. The molecule has 10 aromatic rings. The number of rotatable bonds is 4. The Morgan fingerprint density at radius 3 is 1.40 bits per heavy atom. The lowest BCUT2D eigenvalue weighted by Gasteiger charge is -2.19. The molecule has 0 bridgehead atoms. The van der Waals surface area contributed by atoms with E-state index in [9.17, 15) is 35.1 Å². The second-order valence-corrected chi connectivity index (χ2v) is 16.3. The Morgan fingerprint density at radius 1 is 0.431 bits per heavy atom. The molecule has 0 amide bonds. The van der Waals surface area contributed by atoms with Crippen LogP contribution in [0.2, 0.25) is 10.0 Å². The maximum Gasteiger partial charge on any atom is 0.170 e. The molecule has 0 aliphatic rings. The third-order valence-electron chi connectivity index (χ3n) is 11.8. The van der Waals surface area contributed by atoms with Crippen molar-refractivity contribution in [3.8, 4) is 6.07 Å². The Balaban J connectivity index is 0.000000142. The number of aryl methyl sites for hydroxylation is 4. The normalized spacial score (nSPS) is 11.2. The van der Waals surface area contributed by atoms with Crippen molar-refractivity contribution in [1.29, 1.82) is 5.26 Å². The summed E-state index contributed by atoms with van der Waals surface area (Å²) in [5.41, 5.74) is 3.13. The zero-order valence-electron chi connectivity index (χ0n) is 35.8. The summed E-state index contributed by atoms with van der Waals surface area (Å²) in [7, 11) is 0. The van der Waals surface area contributed by atoms with Gasteiger partial charge in [-0.05, 0) is 112 Å². The first-order valence-corrected chi connectivity index (χ1v) is 21.6. The molecular weight excluding hydrogens is 885 g/mol. The summed E-state index contributed by atoms with van der Waals surface area (Å²) in [5, 5.41) is 12.0. The van der Waals surface area contributed by atoms with Crippen molar-refractivity contribution in [2.24, 2.45) is 0 Å². The Kier molecular flexibility index (Phi) is 13.7. The first-order valence-electron chi connectivity index (χ1n) is 20.9. The van der Waals surface area contributed by atoms with Crippen molar-refractivity contribution in [2.75, 3.05) is 0 Å². The van der Waals surface area contributed by atoms with Crippen LogP contribution in [0.3, 0.4) is 0 Å². The average Bonchev–Trinajstić information content (AvgIpc) is 3.31. The van der Waals surface area contributed by atoms with Gasteiger partial charge in [-0.1, -0.05) is 118 Å². The number of nitriles is 1. The molecule has 0 saturated heterocycles. The van der Waals surface area contributed by atoms with Gasteiger partial charge in [-0.15, -0.1) is 0 Å². The van der Waals surface area contributed by atoms with Crippen LogP contribution in [0.25, 0.3) is 64.6 Å². The Labute approximate surface area is 380 Å². The van der Waals surface area contributed by atoms with Crippen LogP contribution in [-0.2, 0) is 25.7 Å². The van der Waals surface area contributed by atoms with E-state index in [0.717, 1.165) is 31.7 Å². The smallest absolute Gasteiger partial charge is 0.170 e. The number of benzene rings is 10. The lowest BCUT2D eigenvalue weighted by Crippen LogP contribution is -2.08. The van der Waals surface area contributed by atoms with E-state index in [-0.39, 0.29) is 6.42 Å². The molecule has 0 fully saturated rings. The zero-order valence-corrected chi connectivity index (χ0v) is 37.3. The fourth-order valence-electron chi connectivity index (χ4n) is 8.42. The van der Waals surface area contributed by atoms with Crippen molar-refractivity contribution in [2.45, 2.75) is 60.3 Å². The molecule has 10 aromatic carbocycles. The van der Waals surface area contributed by atoms with E-state index in [2.05, 4.69) is 81.4 Å². The molecule has 0 radical (unpaired) electrons. The van der Waals surface area contributed by atoms with Gasteiger partial charge in [0.15, 0.2) is 34.9 Å². The number of hydrogen-bond acceptors (Lipinski definition) is 1. The molecule has 0 aliphatic heterocycles. The second kappa shape index (κ2) is 19.1. The third-order valence-corrected chi connectivity index (χ3v) is 12.2. The van der Waals surface area contributed by atoms with Crippen LogP contribution in [0.4, 0.5) is 35.1 Å². The van der Waals surface area contributed by atoms with Gasteiger partial charge in [0.05, 0.1) is 27.8 Å². The largest absolute Gasteiger partial charge is 0.206 e. The van der Waals surface area contributed by atoms with E-state index in [1.165, 1.54) is 55.9 Å². The van der Waals surface area contributed by atoms with Gasteiger partial charge in [-0.2, -0.15) is 5.26 Å². The van der Waals surface area contributed by atoms with Crippen molar-refractivity contribution < 1.29 is 35.1 Å². The van der Waals surface area contributed by atoms with Crippen LogP contribution in [0.5, 0.6) is 0 Å². The van der Waals surface area contributed by atoms with Crippen molar-refractivity contribution in [3.63, 3.8) is 0 Å². The molecule has 65 heavy (non-hydrogen) atoms. The fourth-order valence-corrected chi connectivity index (χ4v) is 8.99. The van der Waals surface area contributed by atoms with Crippen LogP contribution in [0.15, 0.2) is 97.1 Å². The first-order chi connectivity index (χ1) is 31.1. The molecular formula is C54H39Cl2F8N. The van der Waals surface area contributed by atoms with Crippen LogP contribution >= 0.6 is 23.2 Å². The molecule has 0 atom stereocenters. The van der Waals surface area contributed by atoms with Crippen LogP contribution in [0.1, 0.15) is 61.1 Å². The molecule has 0 N–H and O–H groups in total. The van der Waals surface area contributed by atoms with E-state index < -0.39 is 90.0 Å². The summed E-state index contributed by atoms with van der Waals surface area (Å²) in [6.45, 7) is 8.54. The zero-order chi connectivity index (χ0) is 47.0. The predicted molar refractivity (Wildman–Crippen MR) is 250 cm³/mol. The molecule has 1 nitrogen and oxygen atoms in total. The lowest BCUT2D eigenvalue weighted by atomic mass is 9.87. The molecule has 0 heterocycles. The highest BCUT2D eigenvalue weighted by atomic mass is 35.5. The highest BCUT2D eigenvalue weighted by Gasteiger charge is 2.33. The summed E-state index contributed by atoms with van der Waals surface area (Å²) in [5.74, 6) is -14.1. The molecule has 0 aliphatic carbocycles. The summed E-state index contributed by atoms with van der Waals surface area (Å²) < 4.78 is 116. The average molecular weight is 925 g/mol. The minimum Gasteiger partial charge on any atom is -0.206 e. The van der Waals surface area contributed by atoms with Crippen LogP contribution < -0.4 is 0 Å². The van der Waals surface area contributed by atoms with Gasteiger partial charge in [0.2, 0.25) is 0 Å². The van der Waals surface area contributed by atoms with Crippen molar-refractivity contribution >= 4 is 87.8 Å². The van der Waals surface area contributed by atoms with Crippen LogP contribution in [0, 0.1) is 64.8 Å². The molecule has 0 aromatic heterocycles. The molecule has 0 spiro atoms. The SMILES string of the molecule is CCc1c(F)c(F)c2c(F)c(F)c3c(F)c(C)c(F)c4c(F)c(F)c1c2c34.CCc1cc(Cl)cc(Cl)c1.CCc1ccc(C#N)cc1.CCc1ccc2ccc3cccc4ccc1c2c34. The number of hydrogen-bond donors (Lipinski definition) is 0. The lowest BCUT2D eigenvalue weighted by molar-refractivity contribution is 0.487. The number of nitrogens with zero attached hydrogens (tertiary/aromatic N) is 1. The summed E-state index contributed by atoms with van der Waals surface area (Å²) >= 11 is 11.5. The van der Waals surface area contributed by atoms with E-state index in [1.54, 1.807) is 6.07 Å². The molecule has 0 unspecified atom stereocenters. The minimum absolute atomic E-state index is 0.332. The summed E-state index contributed by atoms with van der Waals surface area (Å²) in [6.07, 6.45) is 2.77. The highest BCUT2D eigenvalue weighted by molar-refractivity contribution is 6.34. The van der Waals surface area contributed by atoms with Gasteiger partial charge in [-0.25, -0.2) is 35.1 Å². The minimum atomic E-state index is -1.97. The molecule has 0 saturated carbocycles. The Bertz CT molecular complexity index is 3390.